The third-order valence-corrected chi connectivity index (χ3v) is 6.62. The second-order valence-corrected chi connectivity index (χ2v) is 9.57. The molecule has 0 radical (unpaired) electrons. The van der Waals surface area contributed by atoms with Crippen molar-refractivity contribution in [3.63, 3.8) is 0 Å². The van der Waals surface area contributed by atoms with Crippen LogP contribution in [-0.2, 0) is 6.42 Å². The minimum atomic E-state index is 0.672. The molecule has 0 aliphatic carbocycles. The summed E-state index contributed by atoms with van der Waals surface area (Å²) in [5.74, 6) is 0. The summed E-state index contributed by atoms with van der Waals surface area (Å²) >= 11 is 5.16. The first-order valence-electron chi connectivity index (χ1n) is 10.9. The Hall–Kier alpha value is -0.910. The molecular formula is C23H36BrN3S. The summed E-state index contributed by atoms with van der Waals surface area (Å²) in [6.45, 7) is 8.09. The highest BCUT2D eigenvalue weighted by Gasteiger charge is 2.14. The lowest BCUT2D eigenvalue weighted by Crippen LogP contribution is -2.28. The number of benzene rings is 1. The standard InChI is InChI=1S/C23H36BrN3S/c1-3-5-7-9-16-27(17-10-8-6-4-2)18-15-21-22(26-23(25)28-21)19-11-13-20(24)14-12-19/h11-14H,3-10,15-18H2,1-2H3,(H2,25,26). The molecule has 2 rings (SSSR count). The number of nitrogen functional groups attached to an aromatic ring is 1. The van der Waals surface area contributed by atoms with Crippen LogP contribution in [0.2, 0.25) is 0 Å². The summed E-state index contributed by atoms with van der Waals surface area (Å²) in [7, 11) is 0. The van der Waals surface area contributed by atoms with Gasteiger partial charge in [-0.3, -0.25) is 0 Å². The average molecular weight is 467 g/mol. The number of anilines is 1. The topological polar surface area (TPSA) is 42.1 Å². The van der Waals surface area contributed by atoms with Crippen molar-refractivity contribution in [1.29, 1.82) is 0 Å². The first kappa shape index (κ1) is 23.4. The van der Waals surface area contributed by atoms with E-state index in [1.54, 1.807) is 11.3 Å². The summed E-state index contributed by atoms with van der Waals surface area (Å²) in [6, 6.07) is 8.38. The zero-order valence-electron chi connectivity index (χ0n) is 17.6. The van der Waals surface area contributed by atoms with Crippen molar-refractivity contribution in [1.82, 2.24) is 9.88 Å². The molecule has 1 aromatic heterocycles. The largest absolute Gasteiger partial charge is 0.375 e. The molecule has 0 amide bonds. The summed E-state index contributed by atoms with van der Waals surface area (Å²) in [6.07, 6.45) is 11.6. The molecule has 0 fully saturated rings. The highest BCUT2D eigenvalue weighted by molar-refractivity contribution is 9.10. The first-order valence-corrected chi connectivity index (χ1v) is 12.5. The van der Waals surface area contributed by atoms with Crippen LogP contribution >= 0.6 is 27.3 Å². The molecule has 0 aliphatic heterocycles. The average Bonchev–Trinajstić information content (AvgIpc) is 3.07. The Bertz CT molecular complexity index is 657. The lowest BCUT2D eigenvalue weighted by molar-refractivity contribution is 0.264. The second-order valence-electron chi connectivity index (χ2n) is 7.54. The number of halogens is 1. The van der Waals surface area contributed by atoms with E-state index in [1.807, 2.05) is 0 Å². The van der Waals surface area contributed by atoms with Crippen molar-refractivity contribution in [3.8, 4) is 11.3 Å². The van der Waals surface area contributed by atoms with Crippen LogP contribution in [0.1, 0.15) is 70.1 Å². The summed E-state index contributed by atoms with van der Waals surface area (Å²) in [5.41, 5.74) is 8.28. The van der Waals surface area contributed by atoms with Gasteiger partial charge in [-0.2, -0.15) is 0 Å². The number of rotatable bonds is 14. The van der Waals surface area contributed by atoms with Crippen LogP contribution in [0.25, 0.3) is 11.3 Å². The lowest BCUT2D eigenvalue weighted by Gasteiger charge is -2.22. The van der Waals surface area contributed by atoms with Crippen LogP contribution in [0.3, 0.4) is 0 Å². The highest BCUT2D eigenvalue weighted by atomic mass is 79.9. The zero-order chi connectivity index (χ0) is 20.2. The van der Waals surface area contributed by atoms with Gasteiger partial charge in [0.2, 0.25) is 0 Å². The molecular weight excluding hydrogens is 430 g/mol. The predicted octanol–water partition coefficient (Wildman–Crippen LogP) is 7.16. The quantitative estimate of drug-likeness (QED) is 0.300. The third kappa shape index (κ3) is 8.22. The van der Waals surface area contributed by atoms with Crippen LogP contribution in [-0.4, -0.2) is 29.5 Å². The Labute approximate surface area is 183 Å². The fraction of sp³-hybridized carbons (Fsp3) is 0.609. The number of nitrogens with zero attached hydrogens (tertiary/aromatic N) is 2. The van der Waals surface area contributed by atoms with E-state index in [9.17, 15) is 0 Å². The Morgan fingerprint density at radius 1 is 0.893 bits per heavy atom. The van der Waals surface area contributed by atoms with Gasteiger partial charge in [-0.05, 0) is 44.5 Å². The maximum absolute atomic E-state index is 6.06. The lowest BCUT2D eigenvalue weighted by atomic mass is 10.1. The van der Waals surface area contributed by atoms with E-state index in [0.29, 0.717) is 5.13 Å². The van der Waals surface area contributed by atoms with Crippen molar-refractivity contribution in [2.24, 2.45) is 0 Å². The van der Waals surface area contributed by atoms with Crippen molar-refractivity contribution in [3.05, 3.63) is 33.6 Å². The van der Waals surface area contributed by atoms with Gasteiger partial charge in [0.1, 0.15) is 0 Å². The number of unbranched alkanes of at least 4 members (excludes halogenated alkanes) is 6. The zero-order valence-corrected chi connectivity index (χ0v) is 20.0. The summed E-state index contributed by atoms with van der Waals surface area (Å²) in [4.78, 5) is 8.60. The molecule has 2 N–H and O–H groups in total. The normalized spacial score (nSPS) is 11.4. The van der Waals surface area contributed by atoms with Crippen LogP contribution in [0, 0.1) is 0 Å². The van der Waals surface area contributed by atoms with Gasteiger partial charge in [-0.1, -0.05) is 80.4 Å². The van der Waals surface area contributed by atoms with E-state index < -0.39 is 0 Å². The number of hydrogen-bond acceptors (Lipinski definition) is 4. The fourth-order valence-corrected chi connectivity index (χ4v) is 4.60. The second kappa shape index (κ2) is 13.3. The molecule has 1 aromatic carbocycles. The number of hydrogen-bond donors (Lipinski definition) is 1. The predicted molar refractivity (Wildman–Crippen MR) is 128 cm³/mol. The maximum atomic E-state index is 6.06. The van der Waals surface area contributed by atoms with E-state index in [0.717, 1.165) is 28.7 Å². The number of thiazole rings is 1. The first-order chi connectivity index (χ1) is 13.6. The highest BCUT2D eigenvalue weighted by Crippen LogP contribution is 2.31. The van der Waals surface area contributed by atoms with Gasteiger partial charge >= 0.3 is 0 Å². The summed E-state index contributed by atoms with van der Waals surface area (Å²) < 4.78 is 1.09. The number of nitrogens with two attached hydrogens (primary N) is 1. The van der Waals surface area contributed by atoms with Crippen LogP contribution in [0.15, 0.2) is 28.7 Å². The van der Waals surface area contributed by atoms with E-state index in [2.05, 4.69) is 63.9 Å². The van der Waals surface area contributed by atoms with Crippen molar-refractivity contribution < 1.29 is 0 Å². The van der Waals surface area contributed by atoms with E-state index in [-0.39, 0.29) is 0 Å². The van der Waals surface area contributed by atoms with Gasteiger partial charge in [-0.25, -0.2) is 4.98 Å². The van der Waals surface area contributed by atoms with Crippen molar-refractivity contribution in [2.75, 3.05) is 25.4 Å². The monoisotopic (exact) mass is 465 g/mol. The molecule has 0 saturated heterocycles. The molecule has 0 aliphatic rings. The molecule has 28 heavy (non-hydrogen) atoms. The van der Waals surface area contributed by atoms with Gasteiger partial charge in [0, 0.05) is 21.5 Å². The van der Waals surface area contributed by atoms with Crippen molar-refractivity contribution in [2.45, 2.75) is 71.6 Å². The van der Waals surface area contributed by atoms with Gasteiger partial charge in [0.05, 0.1) is 5.69 Å². The van der Waals surface area contributed by atoms with Gasteiger partial charge in [0.15, 0.2) is 5.13 Å². The Morgan fingerprint density at radius 2 is 1.50 bits per heavy atom. The third-order valence-electron chi connectivity index (χ3n) is 5.14. The van der Waals surface area contributed by atoms with E-state index in [1.165, 1.54) is 69.3 Å². The van der Waals surface area contributed by atoms with Crippen LogP contribution < -0.4 is 5.73 Å². The van der Waals surface area contributed by atoms with Gasteiger partial charge < -0.3 is 10.6 Å². The fourth-order valence-electron chi connectivity index (χ4n) is 3.49. The molecule has 3 nitrogen and oxygen atoms in total. The summed E-state index contributed by atoms with van der Waals surface area (Å²) in [5, 5.41) is 0.672. The minimum absolute atomic E-state index is 0.672. The molecule has 0 bridgehead atoms. The van der Waals surface area contributed by atoms with Gasteiger partial charge in [-0.15, -0.1) is 11.3 Å². The Morgan fingerprint density at radius 3 is 2.07 bits per heavy atom. The number of aromatic nitrogens is 1. The SMILES string of the molecule is CCCCCCN(CCCCCC)CCc1sc(N)nc1-c1ccc(Br)cc1. The molecule has 0 atom stereocenters. The van der Waals surface area contributed by atoms with E-state index >= 15 is 0 Å². The minimum Gasteiger partial charge on any atom is -0.375 e. The van der Waals surface area contributed by atoms with Crippen LogP contribution in [0.5, 0.6) is 0 Å². The van der Waals surface area contributed by atoms with Gasteiger partial charge in [0.25, 0.3) is 0 Å². The van der Waals surface area contributed by atoms with Crippen LogP contribution in [0.4, 0.5) is 5.13 Å². The molecule has 2 aromatic rings. The Balaban J connectivity index is 1.97. The van der Waals surface area contributed by atoms with Crippen molar-refractivity contribution >= 4 is 32.4 Å². The molecule has 5 heteroatoms. The molecule has 0 unspecified atom stereocenters. The van der Waals surface area contributed by atoms with E-state index in [4.69, 9.17) is 5.73 Å². The molecule has 0 spiro atoms. The Kier molecular flexibility index (Phi) is 11.1. The molecule has 156 valence electrons. The maximum Gasteiger partial charge on any atom is 0.180 e. The molecule has 1 heterocycles. The smallest absolute Gasteiger partial charge is 0.180 e. The molecule has 0 saturated carbocycles.